The van der Waals surface area contributed by atoms with Crippen LogP contribution in [0.2, 0.25) is 0 Å². The largest absolute Gasteiger partial charge is 0.345 e. The first-order chi connectivity index (χ1) is 11.5. The zero-order valence-corrected chi connectivity index (χ0v) is 13.3. The van der Waals surface area contributed by atoms with Crippen LogP contribution in [0.15, 0.2) is 48.5 Å². The van der Waals surface area contributed by atoms with Gasteiger partial charge in [0.25, 0.3) is 5.91 Å². The summed E-state index contributed by atoms with van der Waals surface area (Å²) in [5.41, 5.74) is 2.48. The summed E-state index contributed by atoms with van der Waals surface area (Å²) in [5.74, 6) is -2.12. The van der Waals surface area contributed by atoms with Crippen molar-refractivity contribution in [2.24, 2.45) is 0 Å². The molecule has 1 heterocycles. The number of hydrogen-bond donors (Lipinski definition) is 1. The second kappa shape index (κ2) is 6.35. The predicted molar refractivity (Wildman–Crippen MR) is 88.7 cm³/mol. The first-order valence-electron chi connectivity index (χ1n) is 7.58. The molecule has 1 aromatic heterocycles. The smallest absolute Gasteiger partial charge is 0.252 e. The van der Waals surface area contributed by atoms with E-state index < -0.39 is 17.7 Å². The number of aromatic nitrogens is 1. The summed E-state index contributed by atoms with van der Waals surface area (Å²) in [5, 5.41) is 3.57. The molecule has 0 saturated heterocycles. The number of hydrogen-bond acceptors (Lipinski definition) is 2. The summed E-state index contributed by atoms with van der Waals surface area (Å²) in [7, 11) is 0. The quantitative estimate of drug-likeness (QED) is 0.779. The zero-order valence-electron chi connectivity index (χ0n) is 13.3. The normalized spacial score (nSPS) is 12.2. The van der Waals surface area contributed by atoms with E-state index in [9.17, 15) is 13.6 Å². The molecule has 3 rings (SSSR count). The van der Waals surface area contributed by atoms with Crippen LogP contribution in [0.1, 0.15) is 34.6 Å². The van der Waals surface area contributed by atoms with E-state index in [0.29, 0.717) is 11.1 Å². The van der Waals surface area contributed by atoms with Crippen molar-refractivity contribution in [3.05, 3.63) is 77.0 Å². The van der Waals surface area contributed by atoms with Gasteiger partial charge in [0.15, 0.2) is 11.6 Å². The Morgan fingerprint density at radius 2 is 1.83 bits per heavy atom. The van der Waals surface area contributed by atoms with E-state index in [-0.39, 0.29) is 5.91 Å². The lowest BCUT2D eigenvalue weighted by atomic mass is 10.0. The van der Waals surface area contributed by atoms with E-state index in [0.717, 1.165) is 28.7 Å². The lowest BCUT2D eigenvalue weighted by Gasteiger charge is -2.16. The lowest BCUT2D eigenvalue weighted by molar-refractivity contribution is 0.0941. The predicted octanol–water partition coefficient (Wildman–Crippen LogP) is 4.31. The van der Waals surface area contributed by atoms with Crippen LogP contribution in [0.4, 0.5) is 8.78 Å². The van der Waals surface area contributed by atoms with Crippen LogP contribution in [0, 0.1) is 18.6 Å². The third kappa shape index (κ3) is 3.11. The number of benzene rings is 2. The van der Waals surface area contributed by atoms with E-state index in [1.807, 2.05) is 31.2 Å². The van der Waals surface area contributed by atoms with Crippen molar-refractivity contribution >= 4 is 16.8 Å². The molecule has 0 aliphatic heterocycles. The summed E-state index contributed by atoms with van der Waals surface area (Å²) in [6.45, 7) is 3.54. The fourth-order valence-electron chi connectivity index (χ4n) is 2.64. The fourth-order valence-corrected chi connectivity index (χ4v) is 2.64. The minimum Gasteiger partial charge on any atom is -0.345 e. The number of fused-ring (bicyclic) bond motifs is 1. The number of nitrogens with zero attached hydrogens (tertiary/aromatic N) is 1. The molecule has 0 aliphatic carbocycles. The van der Waals surface area contributed by atoms with Crippen molar-refractivity contribution in [1.82, 2.24) is 10.3 Å². The molecular formula is C19H16F2N2O. The number of aryl methyl sites for hydroxylation is 1. The van der Waals surface area contributed by atoms with E-state index in [1.54, 1.807) is 13.0 Å². The fraction of sp³-hybridized carbons (Fsp3) is 0.158. The van der Waals surface area contributed by atoms with Gasteiger partial charge in [-0.25, -0.2) is 8.78 Å². The lowest BCUT2D eigenvalue weighted by Crippen LogP contribution is -2.27. The standard InChI is InChI=1S/C19H16F2N2O/c1-11-9-15(14-5-3-4-6-18(14)22-11)19(24)23-12(2)13-7-8-16(20)17(21)10-13/h3-10,12H,1-2H3,(H,23,24)/t12-/m1/s1. The van der Waals surface area contributed by atoms with Crippen LogP contribution in [0.3, 0.4) is 0 Å². The molecule has 0 fully saturated rings. The first kappa shape index (κ1) is 16.1. The van der Waals surface area contributed by atoms with Crippen molar-refractivity contribution in [2.45, 2.75) is 19.9 Å². The highest BCUT2D eigenvalue weighted by atomic mass is 19.2. The third-order valence-electron chi connectivity index (χ3n) is 3.88. The monoisotopic (exact) mass is 326 g/mol. The second-order valence-corrected chi connectivity index (χ2v) is 5.70. The summed E-state index contributed by atoms with van der Waals surface area (Å²) < 4.78 is 26.4. The topological polar surface area (TPSA) is 42.0 Å². The third-order valence-corrected chi connectivity index (χ3v) is 3.88. The molecule has 5 heteroatoms. The highest BCUT2D eigenvalue weighted by molar-refractivity contribution is 6.06. The molecule has 3 nitrogen and oxygen atoms in total. The van der Waals surface area contributed by atoms with E-state index in [1.165, 1.54) is 6.07 Å². The molecule has 1 amide bonds. The Morgan fingerprint density at radius 1 is 1.08 bits per heavy atom. The van der Waals surface area contributed by atoms with Gasteiger partial charge in [-0.3, -0.25) is 9.78 Å². The van der Waals surface area contributed by atoms with Crippen LogP contribution in [-0.2, 0) is 0 Å². The van der Waals surface area contributed by atoms with Gasteiger partial charge in [0.05, 0.1) is 17.1 Å². The van der Waals surface area contributed by atoms with E-state index in [2.05, 4.69) is 10.3 Å². The highest BCUT2D eigenvalue weighted by Crippen LogP contribution is 2.20. The van der Waals surface area contributed by atoms with E-state index >= 15 is 0 Å². The Labute approximate surface area is 138 Å². The van der Waals surface area contributed by atoms with Gasteiger partial charge in [0, 0.05) is 11.1 Å². The number of nitrogens with one attached hydrogen (secondary N) is 1. The van der Waals surface area contributed by atoms with Gasteiger partial charge in [-0.05, 0) is 43.7 Å². The average molecular weight is 326 g/mol. The molecule has 0 spiro atoms. The Bertz CT molecular complexity index is 924. The Balaban J connectivity index is 1.91. The maximum Gasteiger partial charge on any atom is 0.252 e. The molecule has 0 bridgehead atoms. The van der Waals surface area contributed by atoms with Gasteiger partial charge < -0.3 is 5.32 Å². The molecule has 3 aromatic rings. The first-order valence-corrected chi connectivity index (χ1v) is 7.58. The SMILES string of the molecule is Cc1cc(C(=O)N[C@H](C)c2ccc(F)c(F)c2)c2ccccc2n1. The number of rotatable bonds is 3. The molecular weight excluding hydrogens is 310 g/mol. The number of halogens is 2. The number of carbonyl (C=O) groups is 1. The number of pyridine rings is 1. The molecule has 0 unspecified atom stereocenters. The molecule has 0 saturated carbocycles. The van der Waals surface area contributed by atoms with Gasteiger partial charge in [-0.1, -0.05) is 24.3 Å². The minimum atomic E-state index is -0.932. The molecule has 24 heavy (non-hydrogen) atoms. The van der Waals surface area contributed by atoms with E-state index in [4.69, 9.17) is 0 Å². The van der Waals surface area contributed by atoms with Gasteiger partial charge in [-0.15, -0.1) is 0 Å². The molecule has 2 aromatic carbocycles. The van der Waals surface area contributed by atoms with Crippen molar-refractivity contribution in [2.75, 3.05) is 0 Å². The summed E-state index contributed by atoms with van der Waals surface area (Å²) in [6.07, 6.45) is 0. The number of para-hydroxylation sites is 1. The number of amides is 1. The van der Waals surface area contributed by atoms with Gasteiger partial charge in [0.2, 0.25) is 0 Å². The number of carbonyl (C=O) groups excluding carboxylic acids is 1. The maximum atomic E-state index is 13.4. The molecule has 122 valence electrons. The summed E-state index contributed by atoms with van der Waals surface area (Å²) in [6, 6.07) is 12.2. The minimum absolute atomic E-state index is 0.283. The second-order valence-electron chi connectivity index (χ2n) is 5.70. The van der Waals surface area contributed by atoms with Crippen LogP contribution in [0.5, 0.6) is 0 Å². The van der Waals surface area contributed by atoms with Gasteiger partial charge >= 0.3 is 0 Å². The summed E-state index contributed by atoms with van der Waals surface area (Å²) >= 11 is 0. The Morgan fingerprint density at radius 3 is 2.58 bits per heavy atom. The van der Waals surface area contributed by atoms with Crippen LogP contribution >= 0.6 is 0 Å². The van der Waals surface area contributed by atoms with Crippen molar-refractivity contribution in [3.8, 4) is 0 Å². The van der Waals surface area contributed by atoms with Crippen molar-refractivity contribution in [1.29, 1.82) is 0 Å². The Hall–Kier alpha value is -2.82. The zero-order chi connectivity index (χ0) is 17.3. The summed E-state index contributed by atoms with van der Waals surface area (Å²) in [4.78, 5) is 17.0. The molecule has 0 radical (unpaired) electrons. The highest BCUT2D eigenvalue weighted by Gasteiger charge is 2.16. The van der Waals surface area contributed by atoms with Crippen molar-refractivity contribution < 1.29 is 13.6 Å². The molecule has 1 atom stereocenters. The van der Waals surface area contributed by atoms with Gasteiger partial charge in [0.1, 0.15) is 0 Å². The van der Waals surface area contributed by atoms with Crippen LogP contribution in [0.25, 0.3) is 10.9 Å². The maximum absolute atomic E-state index is 13.4. The van der Waals surface area contributed by atoms with Gasteiger partial charge in [-0.2, -0.15) is 0 Å². The molecule has 1 N–H and O–H groups in total. The molecule has 0 aliphatic rings. The Kier molecular flexibility index (Phi) is 4.25. The average Bonchev–Trinajstić information content (AvgIpc) is 2.56. The van der Waals surface area contributed by atoms with Crippen LogP contribution < -0.4 is 5.32 Å². The van der Waals surface area contributed by atoms with Crippen molar-refractivity contribution in [3.63, 3.8) is 0 Å². The van der Waals surface area contributed by atoms with Crippen LogP contribution in [-0.4, -0.2) is 10.9 Å².